The van der Waals surface area contributed by atoms with Gasteiger partial charge >= 0.3 is 6.03 Å². The molecule has 0 bridgehead atoms. The number of carbonyl (C=O) groups is 2. The summed E-state index contributed by atoms with van der Waals surface area (Å²) in [5, 5.41) is 6.33. The Morgan fingerprint density at radius 2 is 1.83 bits per heavy atom. The van der Waals surface area contributed by atoms with Crippen LogP contribution in [0.1, 0.15) is 20.9 Å². The molecule has 0 atom stereocenters. The Morgan fingerprint density at radius 3 is 2.59 bits per heavy atom. The maximum absolute atomic E-state index is 13.4. The average Bonchev–Trinajstić information content (AvgIpc) is 3.36. The van der Waals surface area contributed by atoms with E-state index in [1.165, 1.54) is 36.8 Å². The molecule has 2 aromatic carbocycles. The maximum Gasteiger partial charge on any atom is 0.332 e. The lowest BCUT2D eigenvalue weighted by atomic mass is 10.1. The summed E-state index contributed by atoms with van der Waals surface area (Å²) in [6.45, 7) is 2.23. The molecule has 0 radical (unpaired) electrons. The van der Waals surface area contributed by atoms with Crippen LogP contribution in [0.25, 0.3) is 10.2 Å². The van der Waals surface area contributed by atoms with Crippen LogP contribution < -0.4 is 29.7 Å². The van der Waals surface area contributed by atoms with Crippen LogP contribution in [0.4, 0.5) is 27.7 Å². The highest BCUT2D eigenvalue weighted by molar-refractivity contribution is 7.21. The van der Waals surface area contributed by atoms with E-state index >= 15 is 0 Å². The van der Waals surface area contributed by atoms with E-state index in [0.29, 0.717) is 61.8 Å². The van der Waals surface area contributed by atoms with Gasteiger partial charge in [-0.1, -0.05) is 6.07 Å². The fourth-order valence-electron chi connectivity index (χ4n) is 4.54. The number of amides is 3. The zero-order valence-corrected chi connectivity index (χ0v) is 23.1. The molecule has 0 unspecified atom stereocenters. The monoisotopic (exact) mass is 568 g/mol. The number of rotatable bonds is 8. The molecular weight excluding hydrogens is 544 g/mol. The molecule has 12 heteroatoms. The molecule has 1 aliphatic heterocycles. The van der Waals surface area contributed by atoms with Crippen molar-refractivity contribution in [1.82, 2.24) is 15.0 Å². The fourth-order valence-corrected chi connectivity index (χ4v) is 5.52. The maximum atomic E-state index is 13.4. The van der Waals surface area contributed by atoms with E-state index in [1.807, 2.05) is 37.3 Å². The number of pyridine rings is 1. The second kappa shape index (κ2) is 10.7. The van der Waals surface area contributed by atoms with Crippen molar-refractivity contribution >= 4 is 56.4 Å². The standard InChI is InChI=1S/C29H24N6O5S/c1-16-12-19(8-10-20(16)40-14-18-6-4-5-11-30-18)35-26-23-24(34-29(35)37)25(41-28(23)32-15-31-26)27(36)33-17-7-9-21(38-2)22(13-17)39-3/h4-13,15H,14H2,1-3H3,(H,33,36)(H,34,37). The number of urea groups is 1. The summed E-state index contributed by atoms with van der Waals surface area (Å²) < 4.78 is 16.5. The van der Waals surface area contributed by atoms with Gasteiger partial charge in [0.2, 0.25) is 0 Å². The number of nitrogens with zero attached hydrogens (tertiary/aromatic N) is 4. The summed E-state index contributed by atoms with van der Waals surface area (Å²) in [7, 11) is 3.06. The SMILES string of the molecule is COc1ccc(NC(=O)c2sc3ncnc4c3c2NC(=O)N4c2ccc(OCc3ccccn3)c(C)c2)cc1OC. The van der Waals surface area contributed by atoms with Crippen LogP contribution in [-0.2, 0) is 6.61 Å². The van der Waals surface area contributed by atoms with Gasteiger partial charge in [0, 0.05) is 18.0 Å². The van der Waals surface area contributed by atoms with E-state index in [1.54, 1.807) is 30.5 Å². The first-order valence-electron chi connectivity index (χ1n) is 12.5. The lowest BCUT2D eigenvalue weighted by Gasteiger charge is -2.27. The first-order chi connectivity index (χ1) is 20.0. The Labute approximate surface area is 238 Å². The molecule has 0 saturated heterocycles. The molecule has 4 heterocycles. The molecule has 0 spiro atoms. The third-order valence-corrected chi connectivity index (χ3v) is 7.58. The highest BCUT2D eigenvalue weighted by Crippen LogP contribution is 2.45. The van der Waals surface area contributed by atoms with Gasteiger partial charge in [0.1, 0.15) is 28.4 Å². The van der Waals surface area contributed by atoms with E-state index < -0.39 is 11.9 Å². The van der Waals surface area contributed by atoms with Crippen molar-refractivity contribution in [2.24, 2.45) is 0 Å². The summed E-state index contributed by atoms with van der Waals surface area (Å²) in [6.07, 6.45) is 3.10. The number of anilines is 4. The minimum atomic E-state index is -0.447. The Hall–Kier alpha value is -5.23. The average molecular weight is 569 g/mol. The molecule has 0 fully saturated rings. The van der Waals surface area contributed by atoms with Gasteiger partial charge in [-0.2, -0.15) is 0 Å². The number of benzene rings is 2. The van der Waals surface area contributed by atoms with Crippen LogP contribution in [-0.4, -0.2) is 41.1 Å². The van der Waals surface area contributed by atoms with Crippen LogP contribution in [0.3, 0.4) is 0 Å². The predicted molar refractivity (Wildman–Crippen MR) is 156 cm³/mol. The molecular formula is C29H24N6O5S. The fraction of sp³-hybridized carbons (Fsp3) is 0.138. The number of ether oxygens (including phenoxy) is 3. The van der Waals surface area contributed by atoms with Crippen molar-refractivity contribution in [2.45, 2.75) is 13.5 Å². The van der Waals surface area contributed by atoms with Crippen LogP contribution >= 0.6 is 11.3 Å². The van der Waals surface area contributed by atoms with Crippen molar-refractivity contribution in [3.63, 3.8) is 0 Å². The normalized spacial score (nSPS) is 12.2. The minimum absolute atomic E-state index is 0.305. The summed E-state index contributed by atoms with van der Waals surface area (Å²) in [6, 6.07) is 15.7. The number of nitrogens with one attached hydrogen (secondary N) is 2. The van der Waals surface area contributed by atoms with E-state index in [9.17, 15) is 9.59 Å². The summed E-state index contributed by atoms with van der Waals surface area (Å²) >= 11 is 1.17. The van der Waals surface area contributed by atoms with Crippen LogP contribution in [0.15, 0.2) is 67.1 Å². The van der Waals surface area contributed by atoms with Crippen molar-refractivity contribution in [1.29, 1.82) is 0 Å². The van der Waals surface area contributed by atoms with Gasteiger partial charge in [-0.25, -0.2) is 19.7 Å². The Bertz CT molecular complexity index is 1790. The third-order valence-electron chi connectivity index (χ3n) is 6.48. The van der Waals surface area contributed by atoms with Crippen molar-refractivity contribution in [3.8, 4) is 17.2 Å². The topological polar surface area (TPSA) is 128 Å². The number of hydrogen-bond acceptors (Lipinski definition) is 9. The van der Waals surface area contributed by atoms with E-state index in [0.717, 1.165) is 11.3 Å². The van der Waals surface area contributed by atoms with E-state index in [4.69, 9.17) is 14.2 Å². The zero-order valence-electron chi connectivity index (χ0n) is 22.3. The third kappa shape index (κ3) is 4.85. The molecule has 1 aliphatic rings. The number of carbonyl (C=O) groups excluding carboxylic acids is 2. The molecule has 5 aromatic rings. The smallest absolute Gasteiger partial charge is 0.332 e. The highest BCUT2D eigenvalue weighted by Gasteiger charge is 2.34. The van der Waals surface area contributed by atoms with Crippen molar-refractivity contribution in [2.75, 3.05) is 29.8 Å². The van der Waals surface area contributed by atoms with Gasteiger partial charge in [-0.3, -0.25) is 9.78 Å². The van der Waals surface area contributed by atoms with Crippen LogP contribution in [0.2, 0.25) is 0 Å². The minimum Gasteiger partial charge on any atom is -0.493 e. The largest absolute Gasteiger partial charge is 0.493 e. The van der Waals surface area contributed by atoms with Crippen molar-refractivity contribution in [3.05, 3.63) is 83.3 Å². The van der Waals surface area contributed by atoms with Crippen LogP contribution in [0.5, 0.6) is 17.2 Å². The van der Waals surface area contributed by atoms with E-state index in [2.05, 4.69) is 25.6 Å². The van der Waals surface area contributed by atoms with Crippen LogP contribution in [0, 0.1) is 6.92 Å². The quantitative estimate of drug-likeness (QED) is 0.236. The molecule has 0 aliphatic carbocycles. The summed E-state index contributed by atoms with van der Waals surface area (Å²) in [4.78, 5) is 42.2. The molecule has 2 N–H and O–H groups in total. The molecule has 6 rings (SSSR count). The second-order valence-corrected chi connectivity index (χ2v) is 10.0. The molecule has 41 heavy (non-hydrogen) atoms. The van der Waals surface area contributed by atoms with Gasteiger partial charge in [0.05, 0.1) is 36.7 Å². The number of aromatic nitrogens is 3. The Morgan fingerprint density at radius 1 is 1.00 bits per heavy atom. The number of methoxy groups -OCH3 is 2. The molecule has 0 saturated carbocycles. The van der Waals surface area contributed by atoms with Crippen molar-refractivity contribution < 1.29 is 23.8 Å². The Balaban J connectivity index is 1.30. The van der Waals surface area contributed by atoms with Gasteiger partial charge in [0.15, 0.2) is 17.3 Å². The molecule has 11 nitrogen and oxygen atoms in total. The first-order valence-corrected chi connectivity index (χ1v) is 13.3. The zero-order chi connectivity index (χ0) is 28.5. The lowest BCUT2D eigenvalue weighted by molar-refractivity contribution is 0.103. The highest BCUT2D eigenvalue weighted by atomic mass is 32.1. The number of aryl methyl sites for hydroxylation is 1. The van der Waals surface area contributed by atoms with Gasteiger partial charge < -0.3 is 24.8 Å². The first kappa shape index (κ1) is 26.0. The number of hydrogen-bond donors (Lipinski definition) is 2. The van der Waals surface area contributed by atoms with Gasteiger partial charge in [0.25, 0.3) is 5.91 Å². The molecule has 3 amide bonds. The molecule has 206 valence electrons. The van der Waals surface area contributed by atoms with E-state index in [-0.39, 0.29) is 0 Å². The van der Waals surface area contributed by atoms with Gasteiger partial charge in [-0.15, -0.1) is 11.3 Å². The second-order valence-electron chi connectivity index (χ2n) is 9.03. The lowest BCUT2D eigenvalue weighted by Crippen LogP contribution is -2.35. The Kier molecular flexibility index (Phi) is 6.81. The predicted octanol–water partition coefficient (Wildman–Crippen LogP) is 5.93. The number of thiophene rings is 1. The summed E-state index contributed by atoms with van der Waals surface area (Å²) in [5.41, 5.74) is 3.12. The van der Waals surface area contributed by atoms with Gasteiger partial charge in [-0.05, 0) is 55.0 Å². The summed E-state index contributed by atoms with van der Waals surface area (Å²) in [5.74, 6) is 1.67. The molecule has 3 aromatic heterocycles.